The molecule has 8 heteroatoms. The van der Waals surface area contributed by atoms with Crippen molar-refractivity contribution in [1.29, 1.82) is 0 Å². The number of carbonyl (C=O) groups excluding carboxylic acids is 2. The smallest absolute Gasteiger partial charge is 0.267 e. The highest BCUT2D eigenvalue weighted by atomic mass is 32.1. The van der Waals surface area contributed by atoms with Gasteiger partial charge in [0.1, 0.15) is 0 Å². The minimum atomic E-state index is -1.26. The van der Waals surface area contributed by atoms with Crippen LogP contribution in [-0.2, 0) is 14.3 Å². The van der Waals surface area contributed by atoms with E-state index >= 15 is 0 Å². The number of amides is 2. The lowest BCUT2D eigenvalue weighted by Gasteiger charge is -2.38. The molecule has 0 aromatic carbocycles. The molecule has 0 aromatic rings. The van der Waals surface area contributed by atoms with Gasteiger partial charge in [-0.2, -0.15) is 0 Å². The van der Waals surface area contributed by atoms with Gasteiger partial charge in [0.05, 0.1) is 26.3 Å². The molecule has 0 saturated carbocycles. The van der Waals surface area contributed by atoms with Crippen molar-refractivity contribution in [2.75, 3.05) is 33.4 Å². The number of ether oxygens (including phenoxy) is 1. The Morgan fingerprint density at radius 2 is 1.59 bits per heavy atom. The number of nitrogens with zero attached hydrogens (tertiary/aromatic N) is 2. The minimum absolute atomic E-state index is 0.00721. The van der Waals surface area contributed by atoms with Gasteiger partial charge in [0.25, 0.3) is 11.8 Å². The van der Waals surface area contributed by atoms with Crippen molar-refractivity contribution in [3.8, 4) is 0 Å². The van der Waals surface area contributed by atoms with Gasteiger partial charge in [-0.15, -0.1) is 0 Å². The van der Waals surface area contributed by atoms with Gasteiger partial charge in [-0.3, -0.25) is 19.4 Å². The van der Waals surface area contributed by atoms with Crippen LogP contribution in [0.25, 0.3) is 0 Å². The summed E-state index contributed by atoms with van der Waals surface area (Å²) in [6.07, 6.45) is -1.26. The van der Waals surface area contributed by atoms with Crippen LogP contribution in [0.15, 0.2) is 0 Å². The Hall–Kier alpha value is -1.09. The summed E-state index contributed by atoms with van der Waals surface area (Å²) in [7, 11) is 1.24. The van der Waals surface area contributed by atoms with Crippen LogP contribution in [0, 0.1) is 0 Å². The third kappa shape index (κ3) is 2.60. The van der Waals surface area contributed by atoms with Crippen LogP contribution < -0.4 is 0 Å². The summed E-state index contributed by atoms with van der Waals surface area (Å²) in [5.74, 6) is -1.18. The van der Waals surface area contributed by atoms with E-state index in [9.17, 15) is 9.59 Å². The molecule has 96 valence electrons. The normalized spacial score (nSPS) is 18.2. The molecular weight excluding hydrogens is 248 g/mol. The lowest BCUT2D eigenvalue weighted by molar-refractivity contribution is -0.156. The van der Waals surface area contributed by atoms with Crippen molar-refractivity contribution in [1.82, 2.24) is 9.80 Å². The lowest BCUT2D eigenvalue weighted by atomic mass is 10.2. The number of methoxy groups -OCH3 is 1. The summed E-state index contributed by atoms with van der Waals surface area (Å²) in [4.78, 5) is 25.8. The SMILES string of the molecule is COC1C(=O)N(CCO)C(=S)N(CCO)C1=O. The summed E-state index contributed by atoms with van der Waals surface area (Å²) in [5.41, 5.74) is 0. The molecule has 1 saturated heterocycles. The summed E-state index contributed by atoms with van der Waals surface area (Å²) in [5, 5.41) is 17.7. The molecular formula is C9H14N2O5S. The largest absolute Gasteiger partial charge is 0.395 e. The Morgan fingerprint density at radius 3 is 1.88 bits per heavy atom. The first-order valence-corrected chi connectivity index (χ1v) is 5.40. The molecule has 1 aliphatic heterocycles. The van der Waals surface area contributed by atoms with Gasteiger partial charge in [-0.25, -0.2) is 0 Å². The fraction of sp³-hybridized carbons (Fsp3) is 0.667. The van der Waals surface area contributed by atoms with Gasteiger partial charge in [-0.05, 0) is 12.2 Å². The van der Waals surface area contributed by atoms with E-state index in [1.54, 1.807) is 0 Å². The van der Waals surface area contributed by atoms with Gasteiger partial charge in [-0.1, -0.05) is 0 Å². The van der Waals surface area contributed by atoms with Gasteiger partial charge < -0.3 is 14.9 Å². The highest BCUT2D eigenvalue weighted by Gasteiger charge is 2.43. The van der Waals surface area contributed by atoms with Gasteiger partial charge in [0.2, 0.25) is 6.10 Å². The summed E-state index contributed by atoms with van der Waals surface area (Å²) >= 11 is 4.97. The van der Waals surface area contributed by atoms with E-state index in [0.29, 0.717) is 0 Å². The van der Waals surface area contributed by atoms with Crippen LogP contribution in [0.5, 0.6) is 0 Å². The zero-order valence-corrected chi connectivity index (χ0v) is 10.1. The Morgan fingerprint density at radius 1 is 1.18 bits per heavy atom. The number of aliphatic hydroxyl groups is 2. The molecule has 2 amide bonds. The molecule has 0 bridgehead atoms. The molecule has 1 heterocycles. The van der Waals surface area contributed by atoms with Crippen molar-refractivity contribution in [3.63, 3.8) is 0 Å². The molecule has 17 heavy (non-hydrogen) atoms. The van der Waals surface area contributed by atoms with E-state index in [4.69, 9.17) is 27.2 Å². The van der Waals surface area contributed by atoms with Gasteiger partial charge in [0, 0.05) is 7.11 Å². The standard InChI is InChI=1S/C9H14N2O5S/c1-16-6-7(14)10(2-4-12)9(17)11(3-5-13)8(6)15/h6,12-13H,2-5H2,1H3. The second kappa shape index (κ2) is 6.01. The van der Waals surface area contributed by atoms with E-state index < -0.39 is 17.9 Å². The first-order valence-electron chi connectivity index (χ1n) is 4.99. The van der Waals surface area contributed by atoms with Crippen molar-refractivity contribution in [3.05, 3.63) is 0 Å². The molecule has 0 atom stereocenters. The van der Waals surface area contributed by atoms with Crippen LogP contribution in [0.3, 0.4) is 0 Å². The molecule has 2 N–H and O–H groups in total. The number of hydrogen-bond donors (Lipinski definition) is 2. The zero-order chi connectivity index (χ0) is 13.0. The average molecular weight is 262 g/mol. The molecule has 0 spiro atoms. The maximum atomic E-state index is 11.8. The first-order chi connectivity index (χ1) is 8.08. The van der Waals surface area contributed by atoms with Gasteiger partial charge in [0.15, 0.2) is 5.11 Å². The van der Waals surface area contributed by atoms with Crippen molar-refractivity contribution < 1.29 is 24.5 Å². The summed E-state index contributed by atoms with van der Waals surface area (Å²) in [6.45, 7) is -0.563. The van der Waals surface area contributed by atoms with Crippen molar-refractivity contribution in [2.24, 2.45) is 0 Å². The summed E-state index contributed by atoms with van der Waals surface area (Å²) in [6, 6.07) is 0. The quantitative estimate of drug-likeness (QED) is 0.437. The lowest BCUT2D eigenvalue weighted by Crippen LogP contribution is -2.63. The molecule has 0 radical (unpaired) electrons. The fourth-order valence-electron chi connectivity index (χ4n) is 1.54. The van der Waals surface area contributed by atoms with E-state index in [2.05, 4.69) is 0 Å². The van der Waals surface area contributed by atoms with E-state index in [1.165, 1.54) is 7.11 Å². The highest BCUT2D eigenvalue weighted by molar-refractivity contribution is 7.80. The van der Waals surface area contributed by atoms with Crippen LogP contribution in [0.2, 0.25) is 0 Å². The number of rotatable bonds is 5. The summed E-state index contributed by atoms with van der Waals surface area (Å²) < 4.78 is 4.81. The minimum Gasteiger partial charge on any atom is -0.395 e. The molecule has 7 nitrogen and oxygen atoms in total. The predicted molar refractivity (Wildman–Crippen MR) is 61.0 cm³/mol. The van der Waals surface area contributed by atoms with Crippen molar-refractivity contribution in [2.45, 2.75) is 6.10 Å². The third-order valence-corrected chi connectivity index (χ3v) is 2.77. The molecule has 1 rings (SSSR count). The van der Waals surface area contributed by atoms with E-state index in [0.717, 1.165) is 9.80 Å². The van der Waals surface area contributed by atoms with Crippen LogP contribution in [0.4, 0.5) is 0 Å². The highest BCUT2D eigenvalue weighted by Crippen LogP contribution is 2.14. The number of aliphatic hydroxyl groups excluding tert-OH is 2. The Balaban J connectivity index is 2.98. The van der Waals surface area contributed by atoms with Crippen LogP contribution in [-0.4, -0.2) is 76.5 Å². The van der Waals surface area contributed by atoms with Crippen LogP contribution >= 0.6 is 12.2 Å². The average Bonchev–Trinajstić information content (AvgIpc) is 2.31. The Labute approximate surface area is 104 Å². The van der Waals surface area contributed by atoms with Gasteiger partial charge >= 0.3 is 0 Å². The predicted octanol–water partition coefficient (Wildman–Crippen LogP) is -2.06. The number of carbonyl (C=O) groups is 2. The number of β-amino-alcohol motifs (C(OH)–C–C–N with tert-alkyl or cyclic N) is 2. The molecule has 0 aromatic heterocycles. The monoisotopic (exact) mass is 262 g/mol. The fourth-order valence-corrected chi connectivity index (χ4v) is 1.90. The molecule has 1 fully saturated rings. The molecule has 0 unspecified atom stereocenters. The Kier molecular flexibility index (Phi) is 4.94. The van der Waals surface area contributed by atoms with E-state index in [-0.39, 0.29) is 31.4 Å². The second-order valence-electron chi connectivity index (χ2n) is 3.33. The van der Waals surface area contributed by atoms with Crippen LogP contribution in [0.1, 0.15) is 0 Å². The second-order valence-corrected chi connectivity index (χ2v) is 3.69. The maximum Gasteiger partial charge on any atom is 0.267 e. The molecule has 0 aliphatic carbocycles. The topological polar surface area (TPSA) is 90.3 Å². The molecule has 1 aliphatic rings. The third-order valence-electron chi connectivity index (χ3n) is 2.33. The Bertz CT molecular complexity index is 307. The van der Waals surface area contributed by atoms with E-state index in [1.807, 2.05) is 0 Å². The first kappa shape index (κ1) is 14.0. The van der Waals surface area contributed by atoms with Crippen molar-refractivity contribution >= 4 is 29.1 Å². The zero-order valence-electron chi connectivity index (χ0n) is 9.33. The number of hydrogen-bond acceptors (Lipinski definition) is 6. The maximum absolute atomic E-state index is 11.8. The number of thiocarbonyl (C=S) groups is 1.